The van der Waals surface area contributed by atoms with Crippen LogP contribution in [-0.4, -0.2) is 59.9 Å². The monoisotopic (exact) mass is 419 g/mol. The third-order valence-electron chi connectivity index (χ3n) is 3.50. The quantitative estimate of drug-likeness (QED) is 0.315. The normalized spacial score (nSPS) is 29.6. The lowest BCUT2D eigenvalue weighted by molar-refractivity contribution is -0.275. The van der Waals surface area contributed by atoms with Crippen molar-refractivity contribution in [2.45, 2.75) is 49.2 Å². The van der Waals surface area contributed by atoms with Gasteiger partial charge in [0.1, 0.15) is 24.9 Å². The zero-order chi connectivity index (χ0) is 19.4. The summed E-state index contributed by atoms with van der Waals surface area (Å²) in [4.78, 5) is 22.5. The van der Waals surface area contributed by atoms with E-state index in [0.717, 1.165) is 0 Å². The van der Waals surface area contributed by atoms with Crippen LogP contribution in [0.1, 0.15) is 20.8 Å². The molecule has 11 heteroatoms. The molecule has 1 N–H and O–H groups in total. The molecule has 3 unspecified atom stereocenters. The summed E-state index contributed by atoms with van der Waals surface area (Å²) in [5.74, 6) is -2.14. The van der Waals surface area contributed by atoms with E-state index < -0.39 is 52.1 Å². The number of carbonyl (C=O) groups is 2. The number of methoxy groups -OCH3 is 1. The van der Waals surface area contributed by atoms with Gasteiger partial charge in [0, 0.05) is 26.9 Å². The number of carbonyl (C=O) groups excluding carboxylic acids is 2. The van der Waals surface area contributed by atoms with Gasteiger partial charge in [0.15, 0.2) is 0 Å². The van der Waals surface area contributed by atoms with Crippen molar-refractivity contribution in [1.82, 2.24) is 0 Å². The highest BCUT2D eigenvalue weighted by Crippen LogP contribution is 2.34. The molecule has 0 radical (unpaired) electrons. The van der Waals surface area contributed by atoms with Gasteiger partial charge in [-0.15, -0.1) is 0 Å². The summed E-state index contributed by atoms with van der Waals surface area (Å²) >= 11 is 16.8. The molecule has 0 bridgehead atoms. The van der Waals surface area contributed by atoms with Gasteiger partial charge in [0.05, 0.1) is 0 Å². The first-order chi connectivity index (χ1) is 11.5. The van der Waals surface area contributed by atoms with Gasteiger partial charge in [0.25, 0.3) is 3.79 Å². The fourth-order valence-electron chi connectivity index (χ4n) is 2.41. The van der Waals surface area contributed by atoms with Crippen molar-refractivity contribution in [2.24, 2.45) is 5.92 Å². The molecule has 0 spiro atoms. The van der Waals surface area contributed by atoms with Gasteiger partial charge in [0.2, 0.25) is 12.2 Å². The average Bonchev–Trinajstić information content (AvgIpc) is 2.47. The van der Waals surface area contributed by atoms with E-state index in [-0.39, 0.29) is 6.61 Å². The summed E-state index contributed by atoms with van der Waals surface area (Å²) in [6.45, 7) is 4.03. The maximum atomic E-state index is 11.4. The van der Waals surface area contributed by atoms with Crippen LogP contribution in [0.4, 0.5) is 0 Å². The molecule has 0 saturated carbocycles. The van der Waals surface area contributed by atoms with Crippen molar-refractivity contribution >= 4 is 52.6 Å². The molecule has 1 aliphatic rings. The molecule has 1 saturated heterocycles. The van der Waals surface area contributed by atoms with Crippen LogP contribution in [0.25, 0.3) is 0 Å². The highest BCUT2D eigenvalue weighted by molar-refractivity contribution is 6.76. The summed E-state index contributed by atoms with van der Waals surface area (Å²) in [7, 11) is 1.40. The van der Waals surface area contributed by atoms with E-state index in [1.165, 1.54) is 21.0 Å². The van der Waals surface area contributed by atoms with E-state index in [0.29, 0.717) is 0 Å². The lowest BCUT2D eigenvalue weighted by Gasteiger charge is -2.43. The van der Waals surface area contributed by atoms with E-state index in [9.17, 15) is 9.59 Å². The average molecular weight is 421 g/mol. The predicted molar refractivity (Wildman–Crippen MR) is 89.9 cm³/mol. The van der Waals surface area contributed by atoms with Crippen molar-refractivity contribution in [3.63, 3.8) is 0 Å². The molecule has 0 aliphatic carbocycles. The number of alkyl halides is 3. The second-order valence-corrected chi connectivity index (χ2v) is 7.70. The van der Waals surface area contributed by atoms with Crippen LogP contribution in [0.15, 0.2) is 0 Å². The SMILES string of the molecule is COC1C(C)[C@@H](OC(C)=O)C(COC(C)=O)O[C@@H]1OC(=N)C(Cl)(Cl)Cl. The van der Waals surface area contributed by atoms with Gasteiger partial charge in [-0.25, -0.2) is 0 Å². The molecule has 0 amide bonds. The first-order valence-corrected chi connectivity index (χ1v) is 8.42. The minimum Gasteiger partial charge on any atom is -0.463 e. The molecular weight excluding hydrogens is 401 g/mol. The highest BCUT2D eigenvalue weighted by Gasteiger charge is 2.48. The van der Waals surface area contributed by atoms with Gasteiger partial charge < -0.3 is 23.7 Å². The lowest BCUT2D eigenvalue weighted by Crippen LogP contribution is -2.58. The van der Waals surface area contributed by atoms with Crippen LogP contribution < -0.4 is 0 Å². The number of nitrogens with one attached hydrogen (secondary N) is 1. The molecule has 144 valence electrons. The van der Waals surface area contributed by atoms with Crippen molar-refractivity contribution in [2.75, 3.05) is 13.7 Å². The summed E-state index contributed by atoms with van der Waals surface area (Å²) in [6, 6.07) is 0. The van der Waals surface area contributed by atoms with Crippen molar-refractivity contribution in [3.8, 4) is 0 Å². The minimum atomic E-state index is -2.08. The highest BCUT2D eigenvalue weighted by atomic mass is 35.6. The molecule has 5 atom stereocenters. The van der Waals surface area contributed by atoms with Gasteiger partial charge in [-0.05, 0) is 0 Å². The molecule has 25 heavy (non-hydrogen) atoms. The second kappa shape index (κ2) is 9.23. The zero-order valence-electron chi connectivity index (χ0n) is 14.1. The van der Waals surface area contributed by atoms with E-state index >= 15 is 0 Å². The predicted octanol–water partition coefficient (Wildman–Crippen LogP) is 2.22. The van der Waals surface area contributed by atoms with E-state index in [1.807, 2.05) is 0 Å². The standard InChI is InChI=1S/C14H20Cl3NO7/c1-6-10(23-8(3)20)9(5-22-7(2)19)24-12(11(6)21-4)25-13(18)14(15,16)17/h6,9-12,18H,5H2,1-4H3/t6?,9?,10-,11?,12-/m1/s1. The third-order valence-corrected chi connectivity index (χ3v) is 4.01. The Balaban J connectivity index is 3.01. The number of esters is 2. The van der Waals surface area contributed by atoms with E-state index in [4.69, 9.17) is 63.9 Å². The Morgan fingerprint density at radius 3 is 2.16 bits per heavy atom. The van der Waals surface area contributed by atoms with Crippen LogP contribution in [0.5, 0.6) is 0 Å². The molecule has 0 aromatic heterocycles. The van der Waals surface area contributed by atoms with Crippen LogP contribution in [0.2, 0.25) is 0 Å². The van der Waals surface area contributed by atoms with Gasteiger partial charge in [-0.1, -0.05) is 41.7 Å². The Morgan fingerprint density at radius 2 is 1.72 bits per heavy atom. The summed E-state index contributed by atoms with van der Waals surface area (Å²) in [5, 5.41) is 7.68. The Bertz CT molecular complexity index is 511. The van der Waals surface area contributed by atoms with Crippen molar-refractivity contribution < 1.29 is 33.3 Å². The maximum absolute atomic E-state index is 11.4. The summed E-state index contributed by atoms with van der Waals surface area (Å²) in [5.41, 5.74) is 0. The second-order valence-electron chi connectivity index (χ2n) is 5.42. The van der Waals surface area contributed by atoms with Crippen molar-refractivity contribution in [3.05, 3.63) is 0 Å². The fraction of sp³-hybridized carbons (Fsp3) is 0.786. The largest absolute Gasteiger partial charge is 0.463 e. The zero-order valence-corrected chi connectivity index (χ0v) is 16.4. The fourth-order valence-corrected chi connectivity index (χ4v) is 2.55. The topological polar surface area (TPSA) is 104 Å². The molecule has 1 aliphatic heterocycles. The van der Waals surface area contributed by atoms with Crippen LogP contribution >= 0.6 is 34.8 Å². The third kappa shape index (κ3) is 6.45. The lowest BCUT2D eigenvalue weighted by atomic mass is 9.90. The molecule has 1 rings (SSSR count). The summed E-state index contributed by atoms with van der Waals surface area (Å²) < 4.78 is 24.4. The smallest absolute Gasteiger partial charge is 0.303 e. The summed E-state index contributed by atoms with van der Waals surface area (Å²) in [6.07, 6.45) is -3.47. The molecule has 8 nitrogen and oxygen atoms in total. The van der Waals surface area contributed by atoms with E-state index in [2.05, 4.69) is 0 Å². The first kappa shape index (κ1) is 22.2. The van der Waals surface area contributed by atoms with Gasteiger partial charge >= 0.3 is 11.9 Å². The van der Waals surface area contributed by atoms with E-state index in [1.54, 1.807) is 6.92 Å². The number of halogens is 3. The number of rotatable bonds is 5. The van der Waals surface area contributed by atoms with Crippen LogP contribution in [-0.2, 0) is 33.3 Å². The minimum absolute atomic E-state index is 0.186. The molecule has 1 fully saturated rings. The maximum Gasteiger partial charge on any atom is 0.303 e. The first-order valence-electron chi connectivity index (χ1n) is 7.28. The number of hydrogen-bond donors (Lipinski definition) is 1. The van der Waals surface area contributed by atoms with Crippen molar-refractivity contribution in [1.29, 1.82) is 5.41 Å². The Labute approximate surface area is 160 Å². The Kier molecular flexibility index (Phi) is 8.21. The molecule has 0 aromatic rings. The van der Waals surface area contributed by atoms with Crippen LogP contribution in [0.3, 0.4) is 0 Å². The molecular formula is C14H20Cl3NO7. The van der Waals surface area contributed by atoms with Crippen LogP contribution in [0, 0.1) is 11.3 Å². The number of ether oxygens (including phenoxy) is 5. The van der Waals surface area contributed by atoms with Gasteiger partial charge in [-0.2, -0.15) is 0 Å². The Morgan fingerprint density at radius 1 is 1.12 bits per heavy atom. The molecule has 0 aromatic carbocycles. The van der Waals surface area contributed by atoms with Gasteiger partial charge in [-0.3, -0.25) is 15.0 Å². The Hall–Kier alpha value is -0.800. The number of hydrogen-bond acceptors (Lipinski definition) is 8. The molecule has 1 heterocycles.